The fourth-order valence-electron chi connectivity index (χ4n) is 7.23. The predicted molar refractivity (Wildman–Crippen MR) is 235 cm³/mol. The van der Waals surface area contributed by atoms with Crippen molar-refractivity contribution >= 4 is 13.8 Å². The van der Waals surface area contributed by atoms with Crippen molar-refractivity contribution in [1.29, 1.82) is 0 Å². The maximum atomic E-state index is 12.8. The highest BCUT2D eigenvalue weighted by atomic mass is 31.2. The fourth-order valence-corrected chi connectivity index (χ4v) is 8.20. The molecule has 348 valence electrons. The molecular formula is C46H87O12P. The van der Waals surface area contributed by atoms with E-state index in [1.807, 2.05) is 0 Å². The van der Waals surface area contributed by atoms with Crippen LogP contribution in [-0.4, -0.2) is 98.9 Å². The van der Waals surface area contributed by atoms with Gasteiger partial charge in [0, 0.05) is 13.0 Å². The van der Waals surface area contributed by atoms with Gasteiger partial charge in [-0.1, -0.05) is 154 Å². The molecule has 0 aliphatic heterocycles. The number of hydrogen-bond acceptors (Lipinski definition) is 11. The van der Waals surface area contributed by atoms with Crippen molar-refractivity contribution in [2.75, 3.05) is 19.8 Å². The first-order valence-corrected chi connectivity index (χ1v) is 25.2. The molecular weight excluding hydrogens is 775 g/mol. The van der Waals surface area contributed by atoms with Crippen LogP contribution in [0.2, 0.25) is 0 Å². The number of rotatable bonds is 40. The Labute approximate surface area is 358 Å². The molecule has 0 radical (unpaired) electrons. The molecule has 59 heavy (non-hydrogen) atoms. The van der Waals surface area contributed by atoms with Crippen LogP contribution in [0.15, 0.2) is 24.3 Å². The zero-order valence-electron chi connectivity index (χ0n) is 37.1. The Morgan fingerprint density at radius 3 is 1.34 bits per heavy atom. The van der Waals surface area contributed by atoms with E-state index < -0.39 is 63.1 Å². The number of phosphoric acid groups is 1. The second-order valence-electron chi connectivity index (χ2n) is 16.6. The number of carbonyl (C=O) groups excluding carboxylic acids is 1. The van der Waals surface area contributed by atoms with Gasteiger partial charge in [0.2, 0.25) is 0 Å². The number of allylic oxidation sites excluding steroid dienone is 4. The Bertz CT molecular complexity index is 1070. The van der Waals surface area contributed by atoms with E-state index in [4.69, 9.17) is 18.5 Å². The van der Waals surface area contributed by atoms with Crippen molar-refractivity contribution in [3.05, 3.63) is 24.3 Å². The standard InChI is InChI=1S/C46H87O12P/c1-3-5-7-9-11-13-15-17-19-21-23-25-27-29-31-33-35-40(47)57-39(38-56-59(53,54)58-46-44(51)42(49)41(48)43(50)45(46)52)37-55-36-34-32-30-28-26-24-22-20-18-16-14-12-10-8-6-4-2/h18-21,39,41-46,48-52H,3-17,22-38H2,1-2H3,(H,53,54)/b20-18-,21-19-. The van der Waals surface area contributed by atoms with E-state index in [1.54, 1.807) is 0 Å². The highest BCUT2D eigenvalue weighted by molar-refractivity contribution is 7.47. The summed E-state index contributed by atoms with van der Waals surface area (Å²) in [5, 5.41) is 50.2. The second-order valence-corrected chi connectivity index (χ2v) is 18.0. The van der Waals surface area contributed by atoms with E-state index in [9.17, 15) is 39.8 Å². The zero-order chi connectivity index (χ0) is 43.4. The van der Waals surface area contributed by atoms with Gasteiger partial charge < -0.3 is 39.9 Å². The maximum Gasteiger partial charge on any atom is 0.472 e. The number of esters is 1. The first-order chi connectivity index (χ1) is 28.5. The number of carbonyl (C=O) groups is 1. The van der Waals surface area contributed by atoms with Crippen molar-refractivity contribution in [3.8, 4) is 0 Å². The molecule has 0 aromatic heterocycles. The summed E-state index contributed by atoms with van der Waals surface area (Å²) in [6.45, 7) is 4.24. The minimum atomic E-state index is -5.02. The quantitative estimate of drug-likeness (QED) is 0.0148. The SMILES string of the molecule is CCCCCCCC/C=C\CCCCCCCCOCC(COP(=O)(O)OC1C(O)C(O)C(O)C(O)C1O)OC(=O)CCCCCCC/C=C\CCCCCCCCC. The molecule has 12 nitrogen and oxygen atoms in total. The third kappa shape index (κ3) is 29.7. The van der Waals surface area contributed by atoms with Crippen molar-refractivity contribution < 1.29 is 58.3 Å². The number of aliphatic hydroxyl groups excluding tert-OH is 5. The molecule has 6 N–H and O–H groups in total. The summed E-state index contributed by atoms with van der Waals surface area (Å²) in [4.78, 5) is 23.2. The molecule has 0 bridgehead atoms. The molecule has 1 saturated carbocycles. The van der Waals surface area contributed by atoms with E-state index >= 15 is 0 Å². The molecule has 0 aromatic carbocycles. The Balaban J connectivity index is 2.40. The summed E-state index contributed by atoms with van der Waals surface area (Å²) in [7, 11) is -5.02. The van der Waals surface area contributed by atoms with E-state index in [0.717, 1.165) is 70.6 Å². The number of hydrogen-bond donors (Lipinski definition) is 6. The molecule has 6 unspecified atom stereocenters. The minimum absolute atomic E-state index is 0.0818. The van der Waals surface area contributed by atoms with Crippen molar-refractivity contribution in [1.82, 2.24) is 0 Å². The van der Waals surface area contributed by atoms with Gasteiger partial charge in [-0.3, -0.25) is 13.8 Å². The molecule has 0 aromatic rings. The molecule has 0 amide bonds. The molecule has 6 atom stereocenters. The molecule has 0 heterocycles. The lowest BCUT2D eigenvalue weighted by Gasteiger charge is -2.41. The Morgan fingerprint density at radius 2 is 0.898 bits per heavy atom. The van der Waals surface area contributed by atoms with E-state index in [-0.39, 0.29) is 13.0 Å². The minimum Gasteiger partial charge on any atom is -0.457 e. The second kappa shape index (κ2) is 37.4. The van der Waals surface area contributed by atoms with Crippen LogP contribution in [0.5, 0.6) is 0 Å². The van der Waals surface area contributed by atoms with Gasteiger partial charge >= 0.3 is 13.8 Å². The lowest BCUT2D eigenvalue weighted by Crippen LogP contribution is -2.64. The number of ether oxygens (including phenoxy) is 2. The smallest absolute Gasteiger partial charge is 0.457 e. The molecule has 0 spiro atoms. The largest absolute Gasteiger partial charge is 0.472 e. The molecule has 0 saturated heterocycles. The van der Waals surface area contributed by atoms with Crippen LogP contribution in [-0.2, 0) is 27.9 Å². The van der Waals surface area contributed by atoms with Gasteiger partial charge in [0.05, 0.1) is 13.2 Å². The lowest BCUT2D eigenvalue weighted by molar-refractivity contribution is -0.220. The predicted octanol–water partition coefficient (Wildman–Crippen LogP) is 9.70. The Hall–Kier alpha value is -1.18. The summed E-state index contributed by atoms with van der Waals surface area (Å²) in [6, 6.07) is 0. The molecule has 13 heteroatoms. The van der Waals surface area contributed by atoms with Gasteiger partial charge in [-0.25, -0.2) is 4.57 Å². The number of unbranched alkanes of at least 4 members (excludes halogenated alkanes) is 24. The third-order valence-corrected chi connectivity index (χ3v) is 12.0. The zero-order valence-corrected chi connectivity index (χ0v) is 38.0. The van der Waals surface area contributed by atoms with E-state index in [0.29, 0.717) is 13.0 Å². The maximum absolute atomic E-state index is 12.8. The van der Waals surface area contributed by atoms with Crippen molar-refractivity contribution in [3.63, 3.8) is 0 Å². The third-order valence-electron chi connectivity index (χ3n) is 11.0. The average Bonchev–Trinajstić information content (AvgIpc) is 3.22. The van der Waals surface area contributed by atoms with Gasteiger partial charge in [0.25, 0.3) is 0 Å². The summed E-state index contributed by atoms with van der Waals surface area (Å²) in [5.41, 5.74) is 0. The topological polar surface area (TPSA) is 192 Å². The van der Waals surface area contributed by atoms with Gasteiger partial charge in [-0.05, 0) is 64.2 Å². The Kier molecular flexibility index (Phi) is 35.4. The monoisotopic (exact) mass is 863 g/mol. The Morgan fingerprint density at radius 1 is 0.525 bits per heavy atom. The van der Waals surface area contributed by atoms with Gasteiger partial charge in [0.15, 0.2) is 0 Å². The van der Waals surface area contributed by atoms with Crippen LogP contribution < -0.4 is 0 Å². The first kappa shape index (κ1) is 55.8. The van der Waals surface area contributed by atoms with E-state index in [1.165, 1.54) is 103 Å². The van der Waals surface area contributed by atoms with E-state index in [2.05, 4.69) is 38.2 Å². The molecule has 1 rings (SSSR count). The van der Waals surface area contributed by atoms with Crippen molar-refractivity contribution in [2.24, 2.45) is 0 Å². The summed E-state index contributed by atoms with van der Waals surface area (Å²) in [5.74, 6) is -0.486. The van der Waals surface area contributed by atoms with Crippen LogP contribution in [0.1, 0.15) is 200 Å². The van der Waals surface area contributed by atoms with Crippen LogP contribution in [0.3, 0.4) is 0 Å². The molecule has 1 fully saturated rings. The van der Waals surface area contributed by atoms with Crippen LogP contribution in [0.4, 0.5) is 0 Å². The number of aliphatic hydroxyl groups is 5. The van der Waals surface area contributed by atoms with Gasteiger partial charge in [-0.15, -0.1) is 0 Å². The highest BCUT2D eigenvalue weighted by Gasteiger charge is 2.51. The van der Waals surface area contributed by atoms with Gasteiger partial charge in [-0.2, -0.15) is 0 Å². The van der Waals surface area contributed by atoms with Crippen LogP contribution >= 0.6 is 7.82 Å². The van der Waals surface area contributed by atoms with Crippen LogP contribution in [0, 0.1) is 0 Å². The first-order valence-electron chi connectivity index (χ1n) is 23.7. The van der Waals surface area contributed by atoms with Gasteiger partial charge in [0.1, 0.15) is 42.7 Å². The average molecular weight is 863 g/mol. The summed E-state index contributed by atoms with van der Waals surface area (Å²) < 4.78 is 34.2. The van der Waals surface area contributed by atoms with Crippen LogP contribution in [0.25, 0.3) is 0 Å². The lowest BCUT2D eigenvalue weighted by atomic mass is 9.85. The number of phosphoric ester groups is 1. The van der Waals surface area contributed by atoms with Crippen molar-refractivity contribution in [2.45, 2.75) is 243 Å². The summed E-state index contributed by atoms with van der Waals surface area (Å²) >= 11 is 0. The fraction of sp³-hybridized carbons (Fsp3) is 0.891. The normalized spacial score (nSPS) is 22.6. The summed E-state index contributed by atoms with van der Waals surface area (Å²) in [6.07, 6.45) is 29.6. The molecule has 1 aliphatic rings. The highest BCUT2D eigenvalue weighted by Crippen LogP contribution is 2.47. The molecule has 1 aliphatic carbocycles.